The summed E-state index contributed by atoms with van der Waals surface area (Å²) in [4.78, 5) is 14.4. The van der Waals surface area contributed by atoms with Gasteiger partial charge in [-0.1, -0.05) is 31.4 Å². The largest absolute Gasteiger partial charge is 0.497 e. The number of carbonyl (C=O) groups is 1. The molecule has 5 heteroatoms. The Bertz CT molecular complexity index is 539. The quantitative estimate of drug-likeness (QED) is 0.804. The second kappa shape index (κ2) is 8.49. The molecule has 1 unspecified atom stereocenters. The number of nitrogens with zero attached hydrogens (tertiary/aromatic N) is 1. The minimum atomic E-state index is -0.814. The van der Waals surface area contributed by atoms with E-state index in [9.17, 15) is 9.90 Å². The van der Waals surface area contributed by atoms with Gasteiger partial charge in [-0.3, -0.25) is 4.79 Å². The van der Waals surface area contributed by atoms with Crippen molar-refractivity contribution in [3.63, 3.8) is 0 Å². The fourth-order valence-corrected chi connectivity index (χ4v) is 3.41. The summed E-state index contributed by atoms with van der Waals surface area (Å²) in [7, 11) is 5.63. The van der Waals surface area contributed by atoms with Gasteiger partial charge in [-0.15, -0.1) is 0 Å². The Morgan fingerprint density at radius 1 is 1.33 bits per heavy atom. The number of likely N-dealkylation sites (N-methyl/N-ethyl adjacent to an activating group) is 1. The molecule has 0 bridgehead atoms. The second-order valence-corrected chi connectivity index (χ2v) is 7.02. The van der Waals surface area contributed by atoms with Gasteiger partial charge in [-0.05, 0) is 44.6 Å². The first kappa shape index (κ1) is 18.7. The van der Waals surface area contributed by atoms with Gasteiger partial charge in [0.05, 0.1) is 25.2 Å². The van der Waals surface area contributed by atoms with Gasteiger partial charge in [0.1, 0.15) is 5.75 Å². The summed E-state index contributed by atoms with van der Waals surface area (Å²) in [6, 6.07) is 7.95. The molecule has 1 fully saturated rings. The smallest absolute Gasteiger partial charge is 0.222 e. The highest BCUT2D eigenvalue weighted by Crippen LogP contribution is 2.30. The lowest BCUT2D eigenvalue weighted by atomic mass is 9.82. The number of nitrogens with one attached hydrogen (secondary N) is 1. The molecule has 1 aliphatic carbocycles. The van der Waals surface area contributed by atoms with Crippen LogP contribution in [-0.4, -0.2) is 49.3 Å². The molecule has 0 heterocycles. The minimum Gasteiger partial charge on any atom is -0.497 e. The first-order valence-corrected chi connectivity index (χ1v) is 8.73. The van der Waals surface area contributed by atoms with Crippen LogP contribution in [0.15, 0.2) is 24.3 Å². The van der Waals surface area contributed by atoms with Gasteiger partial charge >= 0.3 is 0 Å². The molecule has 1 atom stereocenters. The minimum absolute atomic E-state index is 0.0602. The van der Waals surface area contributed by atoms with Crippen molar-refractivity contribution in [1.29, 1.82) is 0 Å². The Morgan fingerprint density at radius 3 is 2.67 bits per heavy atom. The fraction of sp³-hybridized carbons (Fsp3) is 0.632. The average molecular weight is 334 g/mol. The Kier molecular flexibility index (Phi) is 6.63. The molecule has 1 aliphatic rings. The van der Waals surface area contributed by atoms with Crippen molar-refractivity contribution in [2.45, 2.75) is 50.2 Å². The van der Waals surface area contributed by atoms with E-state index in [-0.39, 0.29) is 18.4 Å². The lowest BCUT2D eigenvalue weighted by Gasteiger charge is -2.32. The Labute approximate surface area is 145 Å². The van der Waals surface area contributed by atoms with E-state index >= 15 is 0 Å². The topological polar surface area (TPSA) is 61.8 Å². The molecule has 2 rings (SSSR count). The molecule has 0 saturated heterocycles. The van der Waals surface area contributed by atoms with Crippen molar-refractivity contribution < 1.29 is 14.6 Å². The van der Waals surface area contributed by atoms with E-state index in [2.05, 4.69) is 10.2 Å². The van der Waals surface area contributed by atoms with Crippen LogP contribution in [0.4, 0.5) is 0 Å². The van der Waals surface area contributed by atoms with Crippen molar-refractivity contribution in [2.75, 3.05) is 27.7 Å². The molecular weight excluding hydrogens is 304 g/mol. The van der Waals surface area contributed by atoms with Gasteiger partial charge in [0.15, 0.2) is 0 Å². The Balaban J connectivity index is 1.94. The summed E-state index contributed by atoms with van der Waals surface area (Å²) in [5.41, 5.74) is 0.280. The van der Waals surface area contributed by atoms with Gasteiger partial charge in [-0.2, -0.15) is 0 Å². The van der Waals surface area contributed by atoms with Gasteiger partial charge in [-0.25, -0.2) is 0 Å². The Morgan fingerprint density at radius 2 is 2.04 bits per heavy atom. The molecule has 134 valence electrons. The van der Waals surface area contributed by atoms with E-state index < -0.39 is 5.60 Å². The average Bonchev–Trinajstić information content (AvgIpc) is 2.55. The van der Waals surface area contributed by atoms with E-state index in [4.69, 9.17) is 4.74 Å². The maximum absolute atomic E-state index is 12.3. The molecule has 2 N–H and O–H groups in total. The van der Waals surface area contributed by atoms with Crippen LogP contribution < -0.4 is 10.1 Å². The van der Waals surface area contributed by atoms with Crippen molar-refractivity contribution in [2.24, 2.45) is 0 Å². The predicted octanol–water partition coefficient (Wildman–Crippen LogP) is 2.50. The van der Waals surface area contributed by atoms with Crippen molar-refractivity contribution in [1.82, 2.24) is 10.2 Å². The number of methoxy groups -OCH3 is 1. The number of hydrogen-bond acceptors (Lipinski definition) is 4. The number of aliphatic hydroxyl groups is 1. The van der Waals surface area contributed by atoms with E-state index in [1.165, 1.54) is 0 Å². The van der Waals surface area contributed by atoms with Crippen LogP contribution in [0.5, 0.6) is 5.75 Å². The molecule has 5 nitrogen and oxygen atoms in total. The highest BCUT2D eigenvalue weighted by atomic mass is 16.5. The maximum Gasteiger partial charge on any atom is 0.222 e. The van der Waals surface area contributed by atoms with E-state index in [1.807, 2.05) is 38.4 Å². The van der Waals surface area contributed by atoms with Crippen molar-refractivity contribution in [3.05, 3.63) is 29.8 Å². The standard InChI is InChI=1S/C19H30N2O3/c1-21(2)17(15-8-7-9-16(12-15)24-3)14-20-18(22)13-19(23)10-5-4-6-11-19/h7-9,12,17,23H,4-6,10-11,13-14H2,1-3H3,(H,20,22). The molecule has 0 aliphatic heterocycles. The number of ether oxygens (including phenoxy) is 1. The van der Waals surface area contributed by atoms with Gasteiger partial charge in [0.2, 0.25) is 5.91 Å². The number of benzene rings is 1. The highest BCUT2D eigenvalue weighted by Gasteiger charge is 2.31. The van der Waals surface area contributed by atoms with Gasteiger partial charge in [0, 0.05) is 6.54 Å². The molecule has 0 radical (unpaired) electrons. The zero-order chi connectivity index (χ0) is 17.6. The number of amides is 1. The summed E-state index contributed by atoms with van der Waals surface area (Å²) < 4.78 is 5.29. The van der Waals surface area contributed by atoms with Gasteiger partial charge < -0.3 is 20.1 Å². The van der Waals surface area contributed by atoms with Crippen LogP contribution in [-0.2, 0) is 4.79 Å². The maximum atomic E-state index is 12.3. The molecule has 1 amide bonds. The zero-order valence-electron chi connectivity index (χ0n) is 15.0. The zero-order valence-corrected chi connectivity index (χ0v) is 15.0. The van der Waals surface area contributed by atoms with Crippen LogP contribution in [0.3, 0.4) is 0 Å². The van der Waals surface area contributed by atoms with E-state index in [0.717, 1.165) is 43.4 Å². The summed E-state index contributed by atoms with van der Waals surface area (Å²) >= 11 is 0. The molecule has 1 aromatic rings. The first-order valence-electron chi connectivity index (χ1n) is 8.73. The second-order valence-electron chi connectivity index (χ2n) is 7.02. The summed E-state index contributed by atoms with van der Waals surface area (Å²) in [6.07, 6.45) is 4.83. The third-order valence-electron chi connectivity index (χ3n) is 4.87. The van der Waals surface area contributed by atoms with Crippen LogP contribution >= 0.6 is 0 Å². The van der Waals surface area contributed by atoms with Crippen LogP contribution in [0.2, 0.25) is 0 Å². The lowest BCUT2D eigenvalue weighted by Crippen LogP contribution is -2.41. The predicted molar refractivity (Wildman–Crippen MR) is 95.1 cm³/mol. The lowest BCUT2D eigenvalue weighted by molar-refractivity contribution is -0.127. The molecule has 24 heavy (non-hydrogen) atoms. The van der Waals surface area contributed by atoms with Gasteiger partial charge in [0.25, 0.3) is 0 Å². The SMILES string of the molecule is COc1cccc(C(CNC(=O)CC2(O)CCCCC2)N(C)C)c1. The summed E-state index contributed by atoms with van der Waals surface area (Å²) in [5.74, 6) is 0.733. The third kappa shape index (κ3) is 5.21. The molecular formula is C19H30N2O3. The molecule has 0 aromatic heterocycles. The summed E-state index contributed by atoms with van der Waals surface area (Å²) in [6.45, 7) is 0.509. The van der Waals surface area contributed by atoms with Crippen molar-refractivity contribution in [3.8, 4) is 5.75 Å². The van der Waals surface area contributed by atoms with Crippen molar-refractivity contribution >= 4 is 5.91 Å². The number of hydrogen-bond donors (Lipinski definition) is 2. The molecule has 0 spiro atoms. The summed E-state index contributed by atoms with van der Waals surface area (Å²) in [5, 5.41) is 13.5. The Hall–Kier alpha value is -1.59. The van der Waals surface area contributed by atoms with Crippen LogP contribution in [0, 0.1) is 0 Å². The van der Waals surface area contributed by atoms with E-state index in [1.54, 1.807) is 7.11 Å². The fourth-order valence-electron chi connectivity index (χ4n) is 3.41. The first-order chi connectivity index (χ1) is 11.4. The number of carbonyl (C=O) groups excluding carboxylic acids is 1. The normalized spacial score (nSPS) is 18.2. The van der Waals surface area contributed by atoms with Crippen LogP contribution in [0.1, 0.15) is 50.1 Å². The highest BCUT2D eigenvalue weighted by molar-refractivity contribution is 5.77. The third-order valence-corrected chi connectivity index (χ3v) is 4.87. The monoisotopic (exact) mass is 334 g/mol. The molecule has 1 saturated carbocycles. The number of rotatable bonds is 7. The van der Waals surface area contributed by atoms with Crippen LogP contribution in [0.25, 0.3) is 0 Å². The van der Waals surface area contributed by atoms with E-state index in [0.29, 0.717) is 6.54 Å². The molecule has 1 aromatic carbocycles.